The molecule has 1 aliphatic rings. The predicted molar refractivity (Wildman–Crippen MR) is 69.9 cm³/mol. The molecule has 0 aromatic heterocycles. The van der Waals surface area contributed by atoms with Crippen molar-refractivity contribution >= 4 is 5.78 Å². The number of hydrogen-bond acceptors (Lipinski definition) is 5. The Morgan fingerprint density at radius 1 is 1.05 bits per heavy atom. The van der Waals surface area contributed by atoms with Gasteiger partial charge >= 0.3 is 0 Å². The minimum absolute atomic E-state index is 0.0617. The molecule has 1 aliphatic heterocycles. The van der Waals surface area contributed by atoms with Crippen molar-refractivity contribution in [2.24, 2.45) is 0 Å². The number of Topliss-reactive ketones (excluding diaryl/α,β-unsaturated/α-hetero) is 1. The zero-order valence-corrected chi connectivity index (χ0v) is 10.4. The van der Waals surface area contributed by atoms with Crippen molar-refractivity contribution in [3.05, 3.63) is 53.6 Å². The average Bonchev–Trinajstić information content (AvgIpc) is 2.43. The van der Waals surface area contributed by atoms with E-state index in [1.54, 1.807) is 24.3 Å². The molecule has 5 heteroatoms. The van der Waals surface area contributed by atoms with Crippen LogP contribution in [0.15, 0.2) is 42.5 Å². The maximum absolute atomic E-state index is 12.2. The maximum atomic E-state index is 12.2. The summed E-state index contributed by atoms with van der Waals surface area (Å²) in [6.45, 7) is 0. The van der Waals surface area contributed by atoms with Gasteiger partial charge in [-0.15, -0.1) is 0 Å². The summed E-state index contributed by atoms with van der Waals surface area (Å²) < 4.78 is 5.57. The van der Waals surface area contributed by atoms with Gasteiger partial charge in [0.15, 0.2) is 12.2 Å². The normalized spacial score (nSPS) is 21.1. The van der Waals surface area contributed by atoms with E-state index in [1.165, 1.54) is 6.07 Å². The molecule has 3 rings (SSSR count). The SMILES string of the molecule is O=C1c2c(O)cc(O)cc2O[C@@H](c2ccccc2)[C@H]1O. The van der Waals surface area contributed by atoms with Crippen LogP contribution in [0.2, 0.25) is 0 Å². The zero-order chi connectivity index (χ0) is 14.3. The molecule has 0 saturated carbocycles. The first-order chi connectivity index (χ1) is 9.58. The highest BCUT2D eigenvalue weighted by atomic mass is 16.5. The zero-order valence-electron chi connectivity index (χ0n) is 10.4. The number of aliphatic hydroxyl groups is 1. The lowest BCUT2D eigenvalue weighted by molar-refractivity contribution is 0.0211. The number of aromatic hydroxyl groups is 2. The molecule has 2 aromatic rings. The highest BCUT2D eigenvalue weighted by Crippen LogP contribution is 2.41. The van der Waals surface area contributed by atoms with E-state index in [-0.39, 0.29) is 17.1 Å². The number of aliphatic hydroxyl groups excluding tert-OH is 1. The van der Waals surface area contributed by atoms with Gasteiger partial charge in [0, 0.05) is 12.1 Å². The van der Waals surface area contributed by atoms with E-state index in [0.29, 0.717) is 5.56 Å². The van der Waals surface area contributed by atoms with Gasteiger partial charge in [0.05, 0.1) is 0 Å². The molecule has 0 unspecified atom stereocenters. The number of ketones is 1. The van der Waals surface area contributed by atoms with E-state index in [1.807, 2.05) is 6.07 Å². The summed E-state index contributed by atoms with van der Waals surface area (Å²) in [6, 6.07) is 11.1. The first-order valence-electron chi connectivity index (χ1n) is 6.08. The summed E-state index contributed by atoms with van der Waals surface area (Å²) in [5, 5.41) is 29.3. The van der Waals surface area contributed by atoms with Crippen LogP contribution in [0.25, 0.3) is 0 Å². The number of hydrogen-bond donors (Lipinski definition) is 3. The number of benzene rings is 2. The van der Waals surface area contributed by atoms with E-state index in [4.69, 9.17) is 4.74 Å². The van der Waals surface area contributed by atoms with Crippen molar-refractivity contribution in [3.8, 4) is 17.2 Å². The van der Waals surface area contributed by atoms with Crippen molar-refractivity contribution in [1.82, 2.24) is 0 Å². The quantitative estimate of drug-likeness (QED) is 0.736. The molecule has 3 N–H and O–H groups in total. The molecule has 0 saturated heterocycles. The van der Waals surface area contributed by atoms with Gasteiger partial charge in [-0.25, -0.2) is 0 Å². The summed E-state index contributed by atoms with van der Waals surface area (Å²) in [4.78, 5) is 12.2. The van der Waals surface area contributed by atoms with E-state index in [2.05, 4.69) is 0 Å². The van der Waals surface area contributed by atoms with Gasteiger partial charge in [-0.3, -0.25) is 4.79 Å². The van der Waals surface area contributed by atoms with Gasteiger partial charge in [0.25, 0.3) is 0 Å². The minimum Gasteiger partial charge on any atom is -0.508 e. The summed E-state index contributed by atoms with van der Waals surface area (Å²) >= 11 is 0. The fourth-order valence-corrected chi connectivity index (χ4v) is 2.31. The summed E-state index contributed by atoms with van der Waals surface area (Å²) in [5.74, 6) is -1.18. The lowest BCUT2D eigenvalue weighted by atomic mass is 9.93. The molecule has 2 atom stereocenters. The van der Waals surface area contributed by atoms with Crippen LogP contribution in [0.5, 0.6) is 17.2 Å². The maximum Gasteiger partial charge on any atom is 0.202 e. The van der Waals surface area contributed by atoms with Crippen LogP contribution in [-0.4, -0.2) is 27.2 Å². The molecular formula is C15H12O5. The third-order valence-electron chi connectivity index (χ3n) is 3.25. The van der Waals surface area contributed by atoms with E-state index < -0.39 is 23.7 Å². The third-order valence-corrected chi connectivity index (χ3v) is 3.25. The second kappa shape index (κ2) is 4.54. The largest absolute Gasteiger partial charge is 0.508 e. The van der Waals surface area contributed by atoms with E-state index >= 15 is 0 Å². The number of fused-ring (bicyclic) bond motifs is 1. The molecule has 20 heavy (non-hydrogen) atoms. The second-order valence-corrected chi connectivity index (χ2v) is 4.60. The topological polar surface area (TPSA) is 87.0 Å². The van der Waals surface area contributed by atoms with Gasteiger partial charge in [-0.05, 0) is 5.56 Å². The van der Waals surface area contributed by atoms with Crippen LogP contribution in [0, 0.1) is 0 Å². The van der Waals surface area contributed by atoms with Crippen molar-refractivity contribution in [2.75, 3.05) is 0 Å². The lowest BCUT2D eigenvalue weighted by Gasteiger charge is -2.30. The number of phenols is 2. The Kier molecular flexibility index (Phi) is 2.84. The van der Waals surface area contributed by atoms with Crippen molar-refractivity contribution in [3.63, 3.8) is 0 Å². The van der Waals surface area contributed by atoms with Crippen molar-refractivity contribution in [2.45, 2.75) is 12.2 Å². The molecule has 0 fully saturated rings. The van der Waals surface area contributed by atoms with Crippen LogP contribution in [0.3, 0.4) is 0 Å². The summed E-state index contributed by atoms with van der Waals surface area (Å²) in [5.41, 5.74) is 0.532. The Labute approximate surface area is 114 Å². The van der Waals surface area contributed by atoms with Crippen LogP contribution >= 0.6 is 0 Å². The number of carbonyl (C=O) groups is 1. The van der Waals surface area contributed by atoms with E-state index in [9.17, 15) is 20.1 Å². The molecule has 1 heterocycles. The Bertz CT molecular complexity index is 665. The molecule has 0 spiro atoms. The Morgan fingerprint density at radius 2 is 1.75 bits per heavy atom. The standard InChI is InChI=1S/C15H12O5/c16-9-6-10(17)12-11(7-9)20-15(14(19)13(12)18)8-4-2-1-3-5-8/h1-7,14-17,19H/t14-,15-/m0/s1. The molecule has 0 aliphatic carbocycles. The van der Waals surface area contributed by atoms with Crippen molar-refractivity contribution in [1.29, 1.82) is 0 Å². The predicted octanol–water partition coefficient (Wildman–Crippen LogP) is 1.78. The third kappa shape index (κ3) is 1.88. The van der Waals surface area contributed by atoms with Gasteiger partial charge < -0.3 is 20.1 Å². The van der Waals surface area contributed by atoms with Crippen LogP contribution < -0.4 is 4.74 Å². The van der Waals surface area contributed by atoms with Gasteiger partial charge in [-0.2, -0.15) is 0 Å². The Morgan fingerprint density at radius 3 is 2.45 bits per heavy atom. The van der Waals surface area contributed by atoms with Crippen LogP contribution in [-0.2, 0) is 0 Å². The fraction of sp³-hybridized carbons (Fsp3) is 0.133. The number of rotatable bonds is 1. The lowest BCUT2D eigenvalue weighted by Crippen LogP contribution is -2.36. The minimum atomic E-state index is -1.40. The number of carbonyl (C=O) groups excluding carboxylic acids is 1. The highest BCUT2D eigenvalue weighted by molar-refractivity contribution is 6.05. The monoisotopic (exact) mass is 272 g/mol. The van der Waals surface area contributed by atoms with Gasteiger partial charge in [0.2, 0.25) is 5.78 Å². The van der Waals surface area contributed by atoms with Gasteiger partial charge in [0.1, 0.15) is 22.8 Å². The first-order valence-corrected chi connectivity index (χ1v) is 6.08. The van der Waals surface area contributed by atoms with Crippen LogP contribution in [0.1, 0.15) is 22.0 Å². The smallest absolute Gasteiger partial charge is 0.202 e. The molecular weight excluding hydrogens is 260 g/mol. The fourth-order valence-electron chi connectivity index (χ4n) is 2.31. The van der Waals surface area contributed by atoms with Gasteiger partial charge in [-0.1, -0.05) is 30.3 Å². The molecule has 0 amide bonds. The number of ether oxygens (including phenoxy) is 1. The molecule has 5 nitrogen and oxygen atoms in total. The summed E-state index contributed by atoms with van der Waals surface area (Å²) in [6.07, 6.45) is -2.27. The Hall–Kier alpha value is -2.53. The molecule has 0 bridgehead atoms. The first kappa shape index (κ1) is 12.5. The number of phenolic OH excluding ortho intramolecular Hbond substituents is 2. The second-order valence-electron chi connectivity index (χ2n) is 4.60. The molecule has 2 aromatic carbocycles. The summed E-state index contributed by atoms with van der Waals surface area (Å²) in [7, 11) is 0. The average molecular weight is 272 g/mol. The molecule has 102 valence electrons. The molecule has 0 radical (unpaired) electrons. The van der Waals surface area contributed by atoms with Crippen LogP contribution in [0.4, 0.5) is 0 Å². The Balaban J connectivity index is 2.09. The van der Waals surface area contributed by atoms with E-state index in [0.717, 1.165) is 6.07 Å². The highest BCUT2D eigenvalue weighted by Gasteiger charge is 2.38. The van der Waals surface area contributed by atoms with Crippen molar-refractivity contribution < 1.29 is 24.9 Å².